The second-order valence-corrected chi connectivity index (χ2v) is 7.14. The highest BCUT2D eigenvalue weighted by Crippen LogP contribution is 2.18. The van der Waals surface area contributed by atoms with Crippen molar-refractivity contribution in [3.63, 3.8) is 0 Å². The number of aromatic nitrogens is 1. The molecule has 0 saturated carbocycles. The predicted molar refractivity (Wildman–Crippen MR) is 96.0 cm³/mol. The third-order valence-electron chi connectivity index (χ3n) is 3.58. The average molecular weight is 352 g/mol. The molecule has 0 amide bonds. The summed E-state index contributed by atoms with van der Waals surface area (Å²) < 4.78 is 27.2. The summed E-state index contributed by atoms with van der Waals surface area (Å²) in [4.78, 5) is 16.6. The van der Waals surface area contributed by atoms with E-state index in [1.165, 1.54) is 12.1 Å². The van der Waals surface area contributed by atoms with Crippen LogP contribution < -0.4 is 4.72 Å². The molecule has 1 heterocycles. The van der Waals surface area contributed by atoms with E-state index >= 15 is 0 Å². The normalized spacial score (nSPS) is 11.0. The van der Waals surface area contributed by atoms with E-state index in [0.717, 1.165) is 5.56 Å². The predicted octanol–water partition coefficient (Wildman–Crippen LogP) is 3.31. The van der Waals surface area contributed by atoms with Crippen molar-refractivity contribution < 1.29 is 13.2 Å². The lowest BCUT2D eigenvalue weighted by atomic mass is 10.0. The van der Waals surface area contributed by atoms with E-state index in [9.17, 15) is 13.2 Å². The summed E-state index contributed by atoms with van der Waals surface area (Å²) in [6.45, 7) is 0. The second-order valence-electron chi connectivity index (χ2n) is 5.46. The molecule has 0 spiro atoms. The molecule has 0 aliphatic rings. The highest BCUT2D eigenvalue weighted by atomic mass is 32.2. The van der Waals surface area contributed by atoms with Crippen LogP contribution in [0, 0.1) is 0 Å². The van der Waals surface area contributed by atoms with Gasteiger partial charge in [-0.3, -0.25) is 14.5 Å². The van der Waals surface area contributed by atoms with Crippen LogP contribution in [0.5, 0.6) is 0 Å². The van der Waals surface area contributed by atoms with Crippen LogP contribution in [0.1, 0.15) is 15.9 Å². The Kier molecular flexibility index (Phi) is 4.90. The van der Waals surface area contributed by atoms with Gasteiger partial charge in [0.15, 0.2) is 5.78 Å². The zero-order valence-corrected chi connectivity index (χ0v) is 14.1. The molecule has 6 heteroatoms. The summed E-state index contributed by atoms with van der Waals surface area (Å²) in [6, 6.07) is 18.2. The fourth-order valence-electron chi connectivity index (χ4n) is 2.36. The van der Waals surface area contributed by atoms with Gasteiger partial charge in [-0.25, -0.2) is 8.42 Å². The maximum Gasteiger partial charge on any atom is 0.261 e. The highest BCUT2D eigenvalue weighted by molar-refractivity contribution is 7.92. The number of nitrogens with zero attached hydrogens (tertiary/aromatic N) is 1. The molecule has 3 rings (SSSR count). The van der Waals surface area contributed by atoms with E-state index in [0.29, 0.717) is 11.3 Å². The summed E-state index contributed by atoms with van der Waals surface area (Å²) in [5.74, 6) is -0.103. The molecule has 0 aliphatic carbocycles. The minimum Gasteiger partial charge on any atom is -0.294 e. The van der Waals surface area contributed by atoms with Gasteiger partial charge in [-0.2, -0.15) is 0 Å². The Morgan fingerprint density at radius 2 is 1.76 bits per heavy atom. The summed E-state index contributed by atoms with van der Waals surface area (Å²) in [7, 11) is -3.69. The molecule has 0 unspecified atom stereocenters. The van der Waals surface area contributed by atoms with Crippen LogP contribution in [0.4, 0.5) is 5.69 Å². The van der Waals surface area contributed by atoms with E-state index in [1.807, 2.05) is 6.07 Å². The minimum absolute atomic E-state index is 0.103. The SMILES string of the molecule is O=C(Cc1cccnc1)c1cccc(NS(=O)(=O)c2ccccc2)c1. The number of rotatable bonds is 6. The molecule has 0 aliphatic heterocycles. The summed E-state index contributed by atoms with van der Waals surface area (Å²) in [5.41, 5.74) is 1.60. The van der Waals surface area contributed by atoms with Crippen molar-refractivity contribution in [2.75, 3.05) is 4.72 Å². The van der Waals surface area contributed by atoms with Gasteiger partial charge in [0, 0.05) is 30.1 Å². The van der Waals surface area contributed by atoms with Crippen molar-refractivity contribution in [1.82, 2.24) is 4.98 Å². The molecule has 126 valence electrons. The van der Waals surface area contributed by atoms with Gasteiger partial charge in [0.05, 0.1) is 4.90 Å². The smallest absolute Gasteiger partial charge is 0.261 e. The Labute approximate surface area is 146 Å². The van der Waals surface area contributed by atoms with E-state index in [1.54, 1.807) is 60.9 Å². The fourth-order valence-corrected chi connectivity index (χ4v) is 3.43. The molecule has 0 fully saturated rings. The van der Waals surface area contributed by atoms with E-state index in [-0.39, 0.29) is 17.1 Å². The van der Waals surface area contributed by atoms with Gasteiger partial charge in [0.25, 0.3) is 10.0 Å². The number of hydrogen-bond acceptors (Lipinski definition) is 4. The summed E-state index contributed by atoms with van der Waals surface area (Å²) >= 11 is 0. The third kappa shape index (κ3) is 4.30. The molecule has 25 heavy (non-hydrogen) atoms. The highest BCUT2D eigenvalue weighted by Gasteiger charge is 2.14. The number of pyridine rings is 1. The van der Waals surface area contributed by atoms with Crippen molar-refractivity contribution in [2.45, 2.75) is 11.3 Å². The zero-order valence-electron chi connectivity index (χ0n) is 13.3. The van der Waals surface area contributed by atoms with Crippen LogP contribution >= 0.6 is 0 Å². The monoisotopic (exact) mass is 352 g/mol. The van der Waals surface area contributed by atoms with Gasteiger partial charge in [0.2, 0.25) is 0 Å². The molecule has 5 nitrogen and oxygen atoms in total. The lowest BCUT2D eigenvalue weighted by Crippen LogP contribution is -2.13. The lowest BCUT2D eigenvalue weighted by Gasteiger charge is -2.09. The Morgan fingerprint density at radius 1 is 0.960 bits per heavy atom. The maximum absolute atomic E-state index is 12.4. The largest absolute Gasteiger partial charge is 0.294 e. The molecule has 1 aromatic heterocycles. The van der Waals surface area contributed by atoms with Gasteiger partial charge in [-0.05, 0) is 35.9 Å². The van der Waals surface area contributed by atoms with E-state index < -0.39 is 10.0 Å². The quantitative estimate of drug-likeness (QED) is 0.691. The van der Waals surface area contributed by atoms with Crippen molar-refractivity contribution in [2.24, 2.45) is 0 Å². The van der Waals surface area contributed by atoms with Gasteiger partial charge < -0.3 is 0 Å². The number of anilines is 1. The van der Waals surface area contributed by atoms with Gasteiger partial charge in [-0.15, -0.1) is 0 Å². The van der Waals surface area contributed by atoms with Crippen LogP contribution in [0.2, 0.25) is 0 Å². The molecular weight excluding hydrogens is 336 g/mol. The van der Waals surface area contributed by atoms with Crippen LogP contribution in [0.15, 0.2) is 84.0 Å². The Balaban J connectivity index is 1.79. The first-order chi connectivity index (χ1) is 12.0. The maximum atomic E-state index is 12.4. The van der Waals surface area contributed by atoms with Crippen LogP contribution in [0.25, 0.3) is 0 Å². The zero-order chi connectivity index (χ0) is 17.7. The van der Waals surface area contributed by atoms with Gasteiger partial charge in [0.1, 0.15) is 0 Å². The molecular formula is C19H16N2O3S. The van der Waals surface area contributed by atoms with Gasteiger partial charge in [-0.1, -0.05) is 36.4 Å². The first-order valence-corrected chi connectivity index (χ1v) is 9.13. The molecule has 0 bridgehead atoms. The fraction of sp³-hybridized carbons (Fsp3) is 0.0526. The van der Waals surface area contributed by atoms with E-state index in [2.05, 4.69) is 9.71 Å². The minimum atomic E-state index is -3.69. The molecule has 1 N–H and O–H groups in total. The van der Waals surface area contributed by atoms with Crippen molar-refractivity contribution in [3.05, 3.63) is 90.3 Å². The lowest BCUT2D eigenvalue weighted by molar-refractivity contribution is 0.0993. The standard InChI is InChI=1S/C19H16N2O3S/c22-19(12-15-6-5-11-20-14-15)16-7-4-8-17(13-16)21-25(23,24)18-9-2-1-3-10-18/h1-11,13-14,21H,12H2. The number of sulfonamides is 1. The summed E-state index contributed by atoms with van der Waals surface area (Å²) in [5, 5.41) is 0. The Morgan fingerprint density at radius 3 is 2.48 bits per heavy atom. The van der Waals surface area contributed by atoms with Crippen LogP contribution in [-0.4, -0.2) is 19.2 Å². The number of carbonyl (C=O) groups excluding carboxylic acids is 1. The van der Waals surface area contributed by atoms with Crippen LogP contribution in [-0.2, 0) is 16.4 Å². The molecule has 3 aromatic rings. The average Bonchev–Trinajstić information content (AvgIpc) is 2.63. The first kappa shape index (κ1) is 16.9. The van der Waals surface area contributed by atoms with Crippen molar-refractivity contribution in [1.29, 1.82) is 0 Å². The molecule has 2 aromatic carbocycles. The van der Waals surface area contributed by atoms with Crippen LogP contribution in [0.3, 0.4) is 0 Å². The molecule has 0 saturated heterocycles. The summed E-state index contributed by atoms with van der Waals surface area (Å²) in [6.07, 6.45) is 3.50. The third-order valence-corrected chi connectivity index (χ3v) is 4.97. The number of carbonyl (C=O) groups is 1. The topological polar surface area (TPSA) is 76.1 Å². The second kappa shape index (κ2) is 7.27. The molecule has 0 radical (unpaired) electrons. The Hall–Kier alpha value is -2.99. The van der Waals surface area contributed by atoms with Gasteiger partial charge >= 0.3 is 0 Å². The number of ketones is 1. The number of benzene rings is 2. The number of Topliss-reactive ketones (excluding diaryl/α,β-unsaturated/α-hetero) is 1. The number of hydrogen-bond donors (Lipinski definition) is 1. The van der Waals surface area contributed by atoms with Crippen molar-refractivity contribution in [3.8, 4) is 0 Å². The first-order valence-electron chi connectivity index (χ1n) is 7.65. The number of nitrogens with one attached hydrogen (secondary N) is 1. The van der Waals surface area contributed by atoms with E-state index in [4.69, 9.17) is 0 Å². The Bertz CT molecular complexity index is 972. The molecule has 0 atom stereocenters. The van der Waals surface area contributed by atoms with Crippen molar-refractivity contribution >= 4 is 21.5 Å².